The number of hydrogen-bond donors (Lipinski definition) is 2. The molecule has 0 atom stereocenters. The van der Waals surface area contributed by atoms with Gasteiger partial charge in [-0.25, -0.2) is 4.99 Å². The van der Waals surface area contributed by atoms with Gasteiger partial charge in [0.25, 0.3) is 0 Å². The molecule has 0 saturated carbocycles. The molecular formula is C22H27N3O4S. The van der Waals surface area contributed by atoms with Crippen LogP contribution in [-0.2, 0) is 19.5 Å². The zero-order chi connectivity index (χ0) is 21.2. The Morgan fingerprint density at radius 1 is 1.03 bits per heavy atom. The zero-order valence-corrected chi connectivity index (χ0v) is 18.3. The average Bonchev–Trinajstić information content (AvgIpc) is 3.48. The van der Waals surface area contributed by atoms with E-state index in [4.69, 9.17) is 23.6 Å². The Bertz CT molecular complexity index is 899. The van der Waals surface area contributed by atoms with E-state index >= 15 is 0 Å². The Labute approximate surface area is 180 Å². The number of aliphatic imine (C=N–C) groups is 1. The second-order valence-electron chi connectivity index (χ2n) is 6.39. The molecule has 0 radical (unpaired) electrons. The van der Waals surface area contributed by atoms with Crippen LogP contribution in [0.1, 0.15) is 16.2 Å². The summed E-state index contributed by atoms with van der Waals surface area (Å²) in [5.74, 6) is 3.45. The van der Waals surface area contributed by atoms with Gasteiger partial charge in [0, 0.05) is 17.8 Å². The maximum absolute atomic E-state index is 5.44. The van der Waals surface area contributed by atoms with Gasteiger partial charge in [-0.05, 0) is 41.3 Å². The molecular weight excluding hydrogens is 402 g/mol. The molecule has 0 aliphatic heterocycles. The summed E-state index contributed by atoms with van der Waals surface area (Å²) in [6.45, 7) is 1.87. The van der Waals surface area contributed by atoms with E-state index < -0.39 is 0 Å². The normalized spacial score (nSPS) is 11.2. The number of nitrogens with one attached hydrogen (secondary N) is 2. The fraction of sp³-hybridized carbons (Fsp3) is 0.318. The van der Waals surface area contributed by atoms with Crippen LogP contribution in [0.3, 0.4) is 0 Å². The first kappa shape index (κ1) is 21.6. The van der Waals surface area contributed by atoms with Crippen molar-refractivity contribution in [1.29, 1.82) is 0 Å². The van der Waals surface area contributed by atoms with E-state index in [1.807, 2.05) is 30.3 Å². The van der Waals surface area contributed by atoms with Crippen LogP contribution in [-0.4, -0.2) is 33.8 Å². The number of hydrogen-bond acceptors (Lipinski definition) is 6. The molecule has 3 aromatic rings. The van der Waals surface area contributed by atoms with Crippen molar-refractivity contribution in [2.24, 2.45) is 4.99 Å². The zero-order valence-electron chi connectivity index (χ0n) is 17.4. The van der Waals surface area contributed by atoms with Crippen molar-refractivity contribution < 1.29 is 18.6 Å². The lowest BCUT2D eigenvalue weighted by molar-refractivity contribution is 0.324. The van der Waals surface area contributed by atoms with Gasteiger partial charge in [0.2, 0.25) is 5.75 Å². The largest absolute Gasteiger partial charge is 0.493 e. The van der Waals surface area contributed by atoms with Crippen molar-refractivity contribution in [1.82, 2.24) is 10.6 Å². The Balaban J connectivity index is 1.70. The summed E-state index contributed by atoms with van der Waals surface area (Å²) < 4.78 is 21.7. The highest BCUT2D eigenvalue weighted by Crippen LogP contribution is 2.38. The molecule has 8 heteroatoms. The fourth-order valence-corrected chi connectivity index (χ4v) is 3.56. The highest BCUT2D eigenvalue weighted by molar-refractivity contribution is 7.09. The number of ether oxygens (including phenoxy) is 3. The van der Waals surface area contributed by atoms with E-state index in [9.17, 15) is 0 Å². The van der Waals surface area contributed by atoms with Gasteiger partial charge < -0.3 is 29.3 Å². The first-order valence-electron chi connectivity index (χ1n) is 9.59. The molecule has 0 fully saturated rings. The fourth-order valence-electron chi connectivity index (χ4n) is 2.91. The van der Waals surface area contributed by atoms with Crippen LogP contribution in [0.2, 0.25) is 0 Å². The molecule has 2 aromatic heterocycles. The van der Waals surface area contributed by atoms with Crippen LogP contribution in [0.5, 0.6) is 17.2 Å². The van der Waals surface area contributed by atoms with E-state index in [1.54, 1.807) is 38.9 Å². The summed E-state index contributed by atoms with van der Waals surface area (Å²) in [6, 6.07) is 11.8. The maximum Gasteiger partial charge on any atom is 0.203 e. The van der Waals surface area contributed by atoms with Crippen molar-refractivity contribution in [3.63, 3.8) is 0 Å². The van der Waals surface area contributed by atoms with Crippen LogP contribution < -0.4 is 24.8 Å². The summed E-state index contributed by atoms with van der Waals surface area (Å²) in [6.07, 6.45) is 2.46. The molecule has 160 valence electrons. The number of thiophene rings is 1. The minimum Gasteiger partial charge on any atom is -0.493 e. The Morgan fingerprint density at radius 3 is 2.43 bits per heavy atom. The third-order valence-electron chi connectivity index (χ3n) is 4.40. The lowest BCUT2D eigenvalue weighted by atomic mass is 10.2. The van der Waals surface area contributed by atoms with E-state index in [2.05, 4.69) is 22.1 Å². The van der Waals surface area contributed by atoms with Crippen molar-refractivity contribution in [3.8, 4) is 17.2 Å². The quantitative estimate of drug-likeness (QED) is 0.377. The summed E-state index contributed by atoms with van der Waals surface area (Å²) in [5, 5.41) is 8.81. The van der Waals surface area contributed by atoms with Gasteiger partial charge in [-0.15, -0.1) is 11.3 Å². The lowest BCUT2D eigenvalue weighted by Gasteiger charge is -2.14. The number of guanidine groups is 1. The Kier molecular flexibility index (Phi) is 8.02. The van der Waals surface area contributed by atoms with E-state index in [1.165, 1.54) is 4.88 Å². The van der Waals surface area contributed by atoms with Gasteiger partial charge in [0.05, 0.1) is 40.7 Å². The van der Waals surface area contributed by atoms with Crippen LogP contribution in [0.15, 0.2) is 57.5 Å². The van der Waals surface area contributed by atoms with Crippen molar-refractivity contribution in [2.45, 2.75) is 19.5 Å². The standard InChI is InChI=1S/C22H27N3O4S/c1-26-19-12-16(13-20(27-2)21(19)28-3)14-24-22(25-15-18-7-5-11-30-18)23-9-8-17-6-4-10-29-17/h4-7,10-13H,8-9,14-15H2,1-3H3,(H2,23,24,25). The van der Waals surface area contributed by atoms with Gasteiger partial charge in [-0.1, -0.05) is 6.07 Å². The molecule has 0 saturated heterocycles. The van der Waals surface area contributed by atoms with Gasteiger partial charge in [-0.3, -0.25) is 0 Å². The van der Waals surface area contributed by atoms with Crippen LogP contribution in [0.4, 0.5) is 0 Å². The summed E-state index contributed by atoms with van der Waals surface area (Å²) in [4.78, 5) is 5.97. The maximum atomic E-state index is 5.44. The van der Waals surface area contributed by atoms with Crippen LogP contribution in [0, 0.1) is 0 Å². The molecule has 2 N–H and O–H groups in total. The summed E-state index contributed by atoms with van der Waals surface area (Å²) in [7, 11) is 4.80. The van der Waals surface area contributed by atoms with Gasteiger partial charge >= 0.3 is 0 Å². The predicted molar refractivity (Wildman–Crippen MR) is 119 cm³/mol. The molecule has 2 heterocycles. The first-order valence-corrected chi connectivity index (χ1v) is 10.5. The van der Waals surface area contributed by atoms with Crippen LogP contribution in [0.25, 0.3) is 0 Å². The average molecular weight is 430 g/mol. The van der Waals surface area contributed by atoms with Crippen LogP contribution >= 0.6 is 11.3 Å². The van der Waals surface area contributed by atoms with E-state index in [0.29, 0.717) is 36.9 Å². The second-order valence-corrected chi connectivity index (χ2v) is 7.42. The van der Waals surface area contributed by atoms with Gasteiger partial charge in [0.15, 0.2) is 17.5 Å². The number of rotatable bonds is 10. The smallest absolute Gasteiger partial charge is 0.203 e. The molecule has 3 rings (SSSR count). The Morgan fingerprint density at radius 2 is 1.83 bits per heavy atom. The molecule has 0 aliphatic carbocycles. The molecule has 0 bridgehead atoms. The minimum absolute atomic E-state index is 0.456. The molecule has 7 nitrogen and oxygen atoms in total. The lowest BCUT2D eigenvalue weighted by Crippen LogP contribution is -2.38. The van der Waals surface area contributed by atoms with Crippen molar-refractivity contribution in [2.75, 3.05) is 27.9 Å². The highest BCUT2D eigenvalue weighted by atomic mass is 32.1. The van der Waals surface area contributed by atoms with Gasteiger partial charge in [0.1, 0.15) is 5.76 Å². The minimum atomic E-state index is 0.456. The topological polar surface area (TPSA) is 77.2 Å². The molecule has 0 unspecified atom stereocenters. The number of nitrogens with zero attached hydrogens (tertiary/aromatic N) is 1. The second kappa shape index (κ2) is 11.2. The van der Waals surface area contributed by atoms with Gasteiger partial charge in [-0.2, -0.15) is 0 Å². The molecule has 0 spiro atoms. The summed E-state index contributed by atoms with van der Waals surface area (Å²) >= 11 is 1.71. The molecule has 0 aliphatic rings. The first-order chi connectivity index (χ1) is 14.7. The molecule has 0 amide bonds. The SMILES string of the molecule is COc1cc(CN=C(NCCc2ccco2)NCc2cccs2)cc(OC)c1OC. The highest BCUT2D eigenvalue weighted by Gasteiger charge is 2.13. The molecule has 30 heavy (non-hydrogen) atoms. The molecule has 1 aromatic carbocycles. The van der Waals surface area contributed by atoms with Crippen molar-refractivity contribution in [3.05, 3.63) is 64.2 Å². The third kappa shape index (κ3) is 5.93. The van der Waals surface area contributed by atoms with E-state index in [-0.39, 0.29) is 0 Å². The number of furan rings is 1. The monoisotopic (exact) mass is 429 g/mol. The number of methoxy groups -OCH3 is 3. The Hall–Kier alpha value is -3.13. The van der Waals surface area contributed by atoms with Crippen molar-refractivity contribution >= 4 is 17.3 Å². The van der Waals surface area contributed by atoms with E-state index in [0.717, 1.165) is 23.7 Å². The third-order valence-corrected chi connectivity index (χ3v) is 5.27. The predicted octanol–water partition coefficient (Wildman–Crippen LogP) is 3.85. The number of benzene rings is 1. The summed E-state index contributed by atoms with van der Waals surface area (Å²) in [5.41, 5.74) is 0.952.